The number of rotatable bonds is 4. The highest BCUT2D eigenvalue weighted by Gasteiger charge is 2.19. The van der Waals surface area contributed by atoms with E-state index >= 15 is 0 Å². The van der Waals surface area contributed by atoms with Gasteiger partial charge < -0.3 is 4.42 Å². The summed E-state index contributed by atoms with van der Waals surface area (Å²) < 4.78 is 8.70. The number of para-hydroxylation sites is 2. The van der Waals surface area contributed by atoms with E-state index < -0.39 is 0 Å². The number of aromatic nitrogens is 3. The zero-order valence-electron chi connectivity index (χ0n) is 25.6. The Kier molecular flexibility index (Phi) is 6.01. The van der Waals surface area contributed by atoms with Gasteiger partial charge in [-0.25, -0.2) is 15.0 Å². The van der Waals surface area contributed by atoms with Gasteiger partial charge in [0.05, 0.1) is 22.6 Å². The molecule has 0 amide bonds. The number of furan rings is 1. The summed E-state index contributed by atoms with van der Waals surface area (Å²) in [5.41, 5.74) is 9.53. The Morgan fingerprint density at radius 1 is 0.458 bits per heavy atom. The predicted octanol–water partition coefficient (Wildman–Crippen LogP) is 12.0. The maximum atomic E-state index is 6.25. The van der Waals surface area contributed by atoms with E-state index in [4.69, 9.17) is 19.4 Å². The van der Waals surface area contributed by atoms with E-state index in [2.05, 4.69) is 103 Å². The highest BCUT2D eigenvalue weighted by molar-refractivity contribution is 7.26. The lowest BCUT2D eigenvalue weighted by Crippen LogP contribution is -1.96. The van der Waals surface area contributed by atoms with Crippen molar-refractivity contribution in [1.82, 2.24) is 15.0 Å². The molecule has 48 heavy (non-hydrogen) atoms. The summed E-state index contributed by atoms with van der Waals surface area (Å²) in [6.07, 6.45) is 0. The third kappa shape index (κ3) is 4.25. The zero-order valence-corrected chi connectivity index (χ0v) is 26.4. The summed E-state index contributed by atoms with van der Waals surface area (Å²) in [5.74, 6) is 0.674. The molecule has 4 nitrogen and oxygen atoms in total. The van der Waals surface area contributed by atoms with Crippen molar-refractivity contribution < 1.29 is 4.42 Å². The molecule has 0 radical (unpaired) electrons. The van der Waals surface area contributed by atoms with Crippen LogP contribution in [-0.2, 0) is 0 Å². The van der Waals surface area contributed by atoms with Crippen LogP contribution in [0.3, 0.4) is 0 Å². The van der Waals surface area contributed by atoms with Gasteiger partial charge in [0.2, 0.25) is 0 Å². The van der Waals surface area contributed by atoms with E-state index in [1.165, 1.54) is 14.8 Å². The van der Waals surface area contributed by atoms with Crippen LogP contribution in [0.5, 0.6) is 0 Å². The van der Waals surface area contributed by atoms with Crippen molar-refractivity contribution in [3.8, 4) is 45.2 Å². The minimum absolute atomic E-state index is 0.674. The minimum atomic E-state index is 0.674. The first kappa shape index (κ1) is 27.0. The number of fused-ring (bicyclic) bond motifs is 8. The Balaban J connectivity index is 1.25. The number of thiophene rings is 1. The van der Waals surface area contributed by atoms with Gasteiger partial charge in [0.15, 0.2) is 5.82 Å². The first-order chi connectivity index (χ1) is 23.8. The maximum absolute atomic E-state index is 6.25. The molecule has 4 aromatic heterocycles. The first-order valence-electron chi connectivity index (χ1n) is 15.9. The fourth-order valence-electron chi connectivity index (χ4n) is 6.87. The van der Waals surface area contributed by atoms with Gasteiger partial charge in [-0.15, -0.1) is 11.3 Å². The largest absolute Gasteiger partial charge is 0.456 e. The third-order valence-electron chi connectivity index (χ3n) is 9.09. The van der Waals surface area contributed by atoms with Crippen molar-refractivity contribution in [2.24, 2.45) is 0 Å². The molecule has 0 saturated heterocycles. The Morgan fingerprint density at radius 3 is 2.02 bits per heavy atom. The summed E-state index contributed by atoms with van der Waals surface area (Å²) in [7, 11) is 0. The number of benzene rings is 6. The lowest BCUT2D eigenvalue weighted by molar-refractivity contribution is 0.669. The summed E-state index contributed by atoms with van der Waals surface area (Å²) in [6, 6.07) is 52.3. The average Bonchev–Trinajstić information content (AvgIpc) is 3.74. The quantitative estimate of drug-likeness (QED) is 0.194. The maximum Gasteiger partial charge on any atom is 0.160 e. The molecular weight excluding hydrogens is 607 g/mol. The molecule has 5 heteroatoms. The van der Waals surface area contributed by atoms with Crippen LogP contribution >= 0.6 is 11.3 Å². The summed E-state index contributed by atoms with van der Waals surface area (Å²) >= 11 is 1.82. The van der Waals surface area contributed by atoms with Gasteiger partial charge in [-0.05, 0) is 42.5 Å². The molecule has 10 rings (SSSR count). The lowest BCUT2D eigenvalue weighted by Gasteiger charge is -2.11. The summed E-state index contributed by atoms with van der Waals surface area (Å²) in [5, 5.41) is 5.61. The number of nitrogens with zero attached hydrogens (tertiary/aromatic N) is 3. The van der Waals surface area contributed by atoms with Gasteiger partial charge in [0, 0.05) is 58.6 Å². The molecule has 0 N–H and O–H groups in total. The van der Waals surface area contributed by atoms with Gasteiger partial charge >= 0.3 is 0 Å². The Hall–Kier alpha value is -6.17. The smallest absolute Gasteiger partial charge is 0.160 e. The molecule has 0 unspecified atom stereocenters. The second-order valence-electron chi connectivity index (χ2n) is 12.0. The summed E-state index contributed by atoms with van der Waals surface area (Å²) in [4.78, 5) is 15.7. The predicted molar refractivity (Wildman–Crippen MR) is 199 cm³/mol. The molecule has 4 heterocycles. The molecule has 0 aliphatic heterocycles. The first-order valence-corrected chi connectivity index (χ1v) is 16.8. The van der Waals surface area contributed by atoms with Crippen LogP contribution in [0.2, 0.25) is 0 Å². The number of pyridine rings is 1. The van der Waals surface area contributed by atoms with E-state index in [1.54, 1.807) is 0 Å². The van der Waals surface area contributed by atoms with Crippen molar-refractivity contribution in [3.05, 3.63) is 152 Å². The second kappa shape index (κ2) is 10.7. The van der Waals surface area contributed by atoms with Crippen LogP contribution in [0, 0.1) is 0 Å². The van der Waals surface area contributed by atoms with Crippen molar-refractivity contribution in [1.29, 1.82) is 0 Å². The minimum Gasteiger partial charge on any atom is -0.456 e. The number of hydrogen-bond acceptors (Lipinski definition) is 5. The SMILES string of the molecule is c1ccc(-c2cc(-c3cccc4oc5ccccc5c34)nc(-c3ccc4sc5c6ccccc6nc(-c6ccccc6)c5c4c3)n2)cc1. The van der Waals surface area contributed by atoms with E-state index in [1.807, 2.05) is 59.9 Å². The van der Waals surface area contributed by atoms with Crippen molar-refractivity contribution in [3.63, 3.8) is 0 Å². The fraction of sp³-hybridized carbons (Fsp3) is 0. The average molecular weight is 632 g/mol. The standard InChI is InChI=1S/C43H25N3OS/c1-3-12-26(13-4-1)34-25-35(29-18-11-21-37-39(29)31-17-8-10-20-36(31)47-37)46-43(45-34)28-22-23-38-32(24-28)40-41(27-14-5-2-6-15-27)44-33-19-9-7-16-30(33)42(40)48-38/h1-25H. The van der Waals surface area contributed by atoms with E-state index in [-0.39, 0.29) is 0 Å². The molecule has 0 fully saturated rings. The molecule has 10 aromatic rings. The van der Waals surface area contributed by atoms with Crippen LogP contribution < -0.4 is 0 Å². The number of hydrogen-bond donors (Lipinski definition) is 0. The van der Waals surface area contributed by atoms with E-state index in [0.717, 1.165) is 77.6 Å². The molecule has 0 aliphatic rings. The van der Waals surface area contributed by atoms with Crippen LogP contribution in [0.4, 0.5) is 0 Å². The Morgan fingerprint density at radius 2 is 1.17 bits per heavy atom. The molecular formula is C43H25N3OS. The molecule has 0 aliphatic carbocycles. The van der Waals surface area contributed by atoms with Crippen LogP contribution in [0.15, 0.2) is 156 Å². The van der Waals surface area contributed by atoms with Gasteiger partial charge in [-0.1, -0.05) is 109 Å². The van der Waals surface area contributed by atoms with Crippen molar-refractivity contribution in [2.75, 3.05) is 0 Å². The van der Waals surface area contributed by atoms with Gasteiger partial charge in [0.25, 0.3) is 0 Å². The second-order valence-corrected chi connectivity index (χ2v) is 13.0. The monoisotopic (exact) mass is 631 g/mol. The van der Waals surface area contributed by atoms with E-state index in [9.17, 15) is 0 Å². The highest BCUT2D eigenvalue weighted by Crippen LogP contribution is 2.44. The van der Waals surface area contributed by atoms with Crippen LogP contribution in [0.1, 0.15) is 0 Å². The zero-order chi connectivity index (χ0) is 31.6. The molecule has 0 bridgehead atoms. The molecule has 0 spiro atoms. The van der Waals surface area contributed by atoms with Crippen LogP contribution in [-0.4, -0.2) is 15.0 Å². The van der Waals surface area contributed by atoms with Gasteiger partial charge in [-0.3, -0.25) is 0 Å². The normalized spacial score (nSPS) is 11.8. The molecule has 0 saturated carbocycles. The van der Waals surface area contributed by atoms with Crippen LogP contribution in [0.25, 0.3) is 98.2 Å². The molecule has 0 atom stereocenters. The topological polar surface area (TPSA) is 51.8 Å². The fourth-order valence-corrected chi connectivity index (χ4v) is 8.08. The molecule has 224 valence electrons. The van der Waals surface area contributed by atoms with Crippen molar-refractivity contribution in [2.45, 2.75) is 0 Å². The lowest BCUT2D eigenvalue weighted by atomic mass is 10.0. The Bertz CT molecular complexity index is 2840. The van der Waals surface area contributed by atoms with Gasteiger partial charge in [-0.2, -0.15) is 0 Å². The van der Waals surface area contributed by atoms with Gasteiger partial charge in [0.1, 0.15) is 11.2 Å². The van der Waals surface area contributed by atoms with E-state index in [0.29, 0.717) is 5.82 Å². The highest BCUT2D eigenvalue weighted by atomic mass is 32.1. The molecule has 6 aromatic carbocycles. The Labute approximate surface area is 279 Å². The van der Waals surface area contributed by atoms with Crippen molar-refractivity contribution >= 4 is 64.4 Å². The summed E-state index contributed by atoms with van der Waals surface area (Å²) in [6.45, 7) is 0. The third-order valence-corrected chi connectivity index (χ3v) is 10.3.